The van der Waals surface area contributed by atoms with Gasteiger partial charge >= 0.3 is 5.97 Å². The SMILES string of the molecule is CCOC(=O)[C@@H]1C[C@H]1/C(=C/c1ccccc1)CC. The van der Waals surface area contributed by atoms with Gasteiger partial charge in [-0.05, 0) is 31.2 Å². The van der Waals surface area contributed by atoms with Crippen molar-refractivity contribution in [1.82, 2.24) is 0 Å². The molecule has 0 bridgehead atoms. The molecule has 0 aliphatic heterocycles. The van der Waals surface area contributed by atoms with E-state index in [1.54, 1.807) is 0 Å². The molecule has 0 saturated heterocycles. The quantitative estimate of drug-likeness (QED) is 0.738. The Morgan fingerprint density at radius 2 is 2.00 bits per heavy atom. The Hall–Kier alpha value is -1.57. The summed E-state index contributed by atoms with van der Waals surface area (Å²) in [6.07, 6.45) is 4.16. The van der Waals surface area contributed by atoms with Crippen molar-refractivity contribution in [1.29, 1.82) is 0 Å². The molecule has 0 heterocycles. The molecule has 18 heavy (non-hydrogen) atoms. The van der Waals surface area contributed by atoms with Crippen LogP contribution in [0.15, 0.2) is 35.9 Å². The maximum Gasteiger partial charge on any atom is 0.309 e. The van der Waals surface area contributed by atoms with Gasteiger partial charge in [0.25, 0.3) is 0 Å². The zero-order valence-corrected chi connectivity index (χ0v) is 11.1. The van der Waals surface area contributed by atoms with Gasteiger partial charge in [0.05, 0.1) is 12.5 Å². The fourth-order valence-electron chi connectivity index (χ4n) is 2.35. The van der Waals surface area contributed by atoms with Gasteiger partial charge in [-0.2, -0.15) is 0 Å². The minimum absolute atomic E-state index is 0.0325. The molecule has 2 nitrogen and oxygen atoms in total. The van der Waals surface area contributed by atoms with Gasteiger partial charge in [-0.3, -0.25) is 4.79 Å². The lowest BCUT2D eigenvalue weighted by Gasteiger charge is -2.05. The zero-order valence-electron chi connectivity index (χ0n) is 11.1. The number of carbonyl (C=O) groups is 1. The number of rotatable bonds is 5. The van der Waals surface area contributed by atoms with Crippen LogP contribution in [0.25, 0.3) is 6.08 Å². The third-order valence-electron chi connectivity index (χ3n) is 3.42. The summed E-state index contributed by atoms with van der Waals surface area (Å²) in [5.74, 6) is 0.462. The Morgan fingerprint density at radius 1 is 1.28 bits per heavy atom. The third-order valence-corrected chi connectivity index (χ3v) is 3.42. The fourth-order valence-corrected chi connectivity index (χ4v) is 2.35. The van der Waals surface area contributed by atoms with Gasteiger partial charge in [0.2, 0.25) is 0 Å². The summed E-state index contributed by atoms with van der Waals surface area (Å²) in [5.41, 5.74) is 2.57. The van der Waals surface area contributed by atoms with E-state index in [0.29, 0.717) is 12.5 Å². The van der Waals surface area contributed by atoms with Gasteiger partial charge in [-0.1, -0.05) is 48.9 Å². The molecule has 1 aromatic carbocycles. The molecule has 0 aromatic heterocycles. The molecule has 0 N–H and O–H groups in total. The minimum atomic E-state index is -0.0325. The number of benzene rings is 1. The van der Waals surface area contributed by atoms with Gasteiger partial charge in [0, 0.05) is 0 Å². The number of esters is 1. The Kier molecular flexibility index (Phi) is 4.19. The molecule has 0 unspecified atom stereocenters. The predicted molar refractivity (Wildman–Crippen MR) is 72.9 cm³/mol. The van der Waals surface area contributed by atoms with Crippen LogP contribution in [0, 0.1) is 11.8 Å². The highest BCUT2D eigenvalue weighted by Crippen LogP contribution is 2.46. The Labute approximate surface area is 109 Å². The first-order valence-electron chi connectivity index (χ1n) is 6.68. The van der Waals surface area contributed by atoms with Crippen LogP contribution in [0.5, 0.6) is 0 Å². The maximum atomic E-state index is 11.6. The van der Waals surface area contributed by atoms with Crippen molar-refractivity contribution >= 4 is 12.0 Å². The van der Waals surface area contributed by atoms with Crippen molar-refractivity contribution in [3.05, 3.63) is 41.5 Å². The second-order valence-electron chi connectivity index (χ2n) is 4.68. The molecule has 0 amide bonds. The molecular weight excluding hydrogens is 224 g/mol. The second kappa shape index (κ2) is 5.85. The van der Waals surface area contributed by atoms with Crippen LogP contribution in [0.1, 0.15) is 32.3 Å². The van der Waals surface area contributed by atoms with E-state index in [2.05, 4.69) is 25.1 Å². The molecule has 2 atom stereocenters. The third kappa shape index (κ3) is 3.00. The Morgan fingerprint density at radius 3 is 2.61 bits per heavy atom. The van der Waals surface area contributed by atoms with Crippen LogP contribution in [0.4, 0.5) is 0 Å². The van der Waals surface area contributed by atoms with Crippen LogP contribution in [0.2, 0.25) is 0 Å². The highest BCUT2D eigenvalue weighted by atomic mass is 16.5. The Balaban J connectivity index is 2.04. The predicted octanol–water partition coefficient (Wildman–Crippen LogP) is 3.68. The summed E-state index contributed by atoms with van der Waals surface area (Å²) >= 11 is 0. The first kappa shape index (κ1) is 12.9. The number of hydrogen-bond acceptors (Lipinski definition) is 2. The van der Waals surface area contributed by atoms with E-state index in [9.17, 15) is 4.79 Å². The van der Waals surface area contributed by atoms with E-state index in [4.69, 9.17) is 4.74 Å². The van der Waals surface area contributed by atoms with Gasteiger partial charge < -0.3 is 4.74 Å². The summed E-state index contributed by atoms with van der Waals surface area (Å²) in [6, 6.07) is 10.3. The summed E-state index contributed by atoms with van der Waals surface area (Å²) in [5, 5.41) is 0. The molecule has 96 valence electrons. The van der Waals surface area contributed by atoms with Crippen LogP contribution in [-0.2, 0) is 9.53 Å². The van der Waals surface area contributed by atoms with E-state index in [1.807, 2.05) is 25.1 Å². The van der Waals surface area contributed by atoms with Crippen molar-refractivity contribution in [2.75, 3.05) is 6.61 Å². The molecule has 0 radical (unpaired) electrons. The van der Waals surface area contributed by atoms with E-state index in [-0.39, 0.29) is 11.9 Å². The smallest absolute Gasteiger partial charge is 0.309 e. The molecule has 1 aliphatic carbocycles. The average molecular weight is 244 g/mol. The fraction of sp³-hybridized carbons (Fsp3) is 0.438. The number of carbonyl (C=O) groups excluding carboxylic acids is 1. The van der Waals surface area contributed by atoms with Crippen LogP contribution >= 0.6 is 0 Å². The van der Waals surface area contributed by atoms with E-state index >= 15 is 0 Å². The van der Waals surface area contributed by atoms with Crippen LogP contribution in [0.3, 0.4) is 0 Å². The first-order valence-corrected chi connectivity index (χ1v) is 6.68. The maximum absolute atomic E-state index is 11.6. The normalized spacial score (nSPS) is 22.7. The molecular formula is C16H20O2. The van der Waals surface area contributed by atoms with Gasteiger partial charge in [0.1, 0.15) is 0 Å². The molecule has 0 spiro atoms. The lowest BCUT2D eigenvalue weighted by molar-refractivity contribution is -0.144. The highest BCUT2D eigenvalue weighted by molar-refractivity contribution is 5.77. The van der Waals surface area contributed by atoms with Crippen molar-refractivity contribution in [2.45, 2.75) is 26.7 Å². The first-order chi connectivity index (χ1) is 8.76. The second-order valence-corrected chi connectivity index (χ2v) is 4.68. The average Bonchev–Trinajstić information content (AvgIpc) is 3.18. The highest BCUT2D eigenvalue weighted by Gasteiger charge is 2.45. The lowest BCUT2D eigenvalue weighted by Crippen LogP contribution is -2.08. The molecule has 1 saturated carbocycles. The zero-order chi connectivity index (χ0) is 13.0. The van der Waals surface area contributed by atoms with E-state index < -0.39 is 0 Å². The molecule has 1 fully saturated rings. The summed E-state index contributed by atoms with van der Waals surface area (Å²) in [6.45, 7) is 4.48. The van der Waals surface area contributed by atoms with Crippen molar-refractivity contribution in [3.63, 3.8) is 0 Å². The van der Waals surface area contributed by atoms with Gasteiger partial charge in [-0.25, -0.2) is 0 Å². The van der Waals surface area contributed by atoms with E-state index in [1.165, 1.54) is 11.1 Å². The van der Waals surface area contributed by atoms with E-state index in [0.717, 1.165) is 12.8 Å². The summed E-state index contributed by atoms with van der Waals surface area (Å²) in [7, 11) is 0. The van der Waals surface area contributed by atoms with Crippen LogP contribution < -0.4 is 0 Å². The summed E-state index contributed by atoms with van der Waals surface area (Å²) < 4.78 is 5.07. The summed E-state index contributed by atoms with van der Waals surface area (Å²) in [4.78, 5) is 11.6. The molecule has 1 aromatic rings. The van der Waals surface area contributed by atoms with Crippen molar-refractivity contribution in [2.24, 2.45) is 11.8 Å². The Bertz CT molecular complexity index is 434. The molecule has 2 heteroatoms. The largest absolute Gasteiger partial charge is 0.466 e. The van der Waals surface area contributed by atoms with Gasteiger partial charge in [0.15, 0.2) is 0 Å². The monoisotopic (exact) mass is 244 g/mol. The lowest BCUT2D eigenvalue weighted by atomic mass is 10.0. The number of ether oxygens (including phenoxy) is 1. The topological polar surface area (TPSA) is 26.3 Å². The number of allylic oxidation sites excluding steroid dienone is 1. The molecule has 2 rings (SSSR count). The van der Waals surface area contributed by atoms with Crippen LogP contribution in [-0.4, -0.2) is 12.6 Å². The molecule has 1 aliphatic rings. The van der Waals surface area contributed by atoms with Crippen molar-refractivity contribution < 1.29 is 9.53 Å². The van der Waals surface area contributed by atoms with Gasteiger partial charge in [-0.15, -0.1) is 0 Å². The minimum Gasteiger partial charge on any atom is -0.466 e. The standard InChI is InChI=1S/C16H20O2/c1-3-13(10-12-8-6-5-7-9-12)14-11-15(14)16(17)18-4-2/h5-10,14-15H,3-4,11H2,1-2H3/b13-10+/t14-,15+/m0/s1. The van der Waals surface area contributed by atoms with Crippen molar-refractivity contribution in [3.8, 4) is 0 Å². The number of hydrogen-bond donors (Lipinski definition) is 0.